The first-order valence-corrected chi connectivity index (χ1v) is 11.5. The molecule has 2 heterocycles. The van der Waals surface area contributed by atoms with Crippen LogP contribution >= 0.6 is 23.4 Å². The van der Waals surface area contributed by atoms with Crippen LogP contribution < -0.4 is 5.56 Å². The maximum absolute atomic E-state index is 13.1. The zero-order chi connectivity index (χ0) is 21.7. The second kappa shape index (κ2) is 10.4. The van der Waals surface area contributed by atoms with E-state index in [9.17, 15) is 4.79 Å². The third-order valence-electron chi connectivity index (χ3n) is 4.29. The fraction of sp³-hybridized carbons (Fsp3) is 0.524. The fourth-order valence-corrected chi connectivity index (χ4v) is 3.98. The van der Waals surface area contributed by atoms with Crippen molar-refractivity contribution in [1.82, 2.24) is 19.7 Å². The predicted molar refractivity (Wildman–Crippen MR) is 119 cm³/mol. The van der Waals surface area contributed by atoms with Crippen LogP contribution in [0.25, 0.3) is 10.9 Å². The van der Waals surface area contributed by atoms with E-state index in [4.69, 9.17) is 25.8 Å². The average molecular weight is 451 g/mol. The van der Waals surface area contributed by atoms with Crippen molar-refractivity contribution in [3.63, 3.8) is 0 Å². The largest absolute Gasteiger partial charge is 0.379 e. The molecule has 0 atom stereocenters. The number of thioether (sulfide) groups is 1. The first-order valence-electron chi connectivity index (χ1n) is 10.1. The van der Waals surface area contributed by atoms with E-state index >= 15 is 0 Å². The molecule has 0 spiro atoms. The molecule has 7 nitrogen and oxygen atoms in total. The molecule has 3 aromatic rings. The van der Waals surface area contributed by atoms with Crippen molar-refractivity contribution in [2.45, 2.75) is 64.1 Å². The number of halogens is 1. The highest BCUT2D eigenvalue weighted by molar-refractivity contribution is 7.98. The van der Waals surface area contributed by atoms with Crippen LogP contribution in [0.4, 0.5) is 0 Å². The van der Waals surface area contributed by atoms with E-state index in [1.54, 1.807) is 22.8 Å². The van der Waals surface area contributed by atoms with Crippen LogP contribution in [-0.2, 0) is 23.5 Å². The minimum Gasteiger partial charge on any atom is -0.379 e. The van der Waals surface area contributed by atoms with Crippen LogP contribution in [0.15, 0.2) is 32.7 Å². The van der Waals surface area contributed by atoms with Gasteiger partial charge in [0.2, 0.25) is 5.89 Å². The van der Waals surface area contributed by atoms with Gasteiger partial charge >= 0.3 is 0 Å². The van der Waals surface area contributed by atoms with Crippen molar-refractivity contribution in [3.05, 3.63) is 45.3 Å². The van der Waals surface area contributed by atoms with E-state index in [-0.39, 0.29) is 11.7 Å². The smallest absolute Gasteiger partial charge is 0.262 e. The van der Waals surface area contributed by atoms with Gasteiger partial charge in [-0.3, -0.25) is 9.36 Å². The summed E-state index contributed by atoms with van der Waals surface area (Å²) in [7, 11) is 0. The zero-order valence-electron chi connectivity index (χ0n) is 17.7. The summed E-state index contributed by atoms with van der Waals surface area (Å²) in [5.74, 6) is 2.10. The summed E-state index contributed by atoms with van der Waals surface area (Å²) in [6.45, 7) is 9.30. The Kier molecular flexibility index (Phi) is 7.91. The van der Waals surface area contributed by atoms with E-state index < -0.39 is 0 Å². The maximum Gasteiger partial charge on any atom is 0.262 e. The lowest BCUT2D eigenvalue weighted by Gasteiger charge is -2.13. The van der Waals surface area contributed by atoms with Crippen molar-refractivity contribution >= 4 is 34.3 Å². The molecule has 0 saturated heterocycles. The normalized spacial score (nSPS) is 11.8. The van der Waals surface area contributed by atoms with Gasteiger partial charge in [-0.05, 0) is 44.4 Å². The number of hydrogen-bond acceptors (Lipinski definition) is 7. The number of fused-ring (bicyclic) bond motifs is 1. The fourth-order valence-electron chi connectivity index (χ4n) is 2.95. The molecule has 0 aliphatic heterocycles. The third kappa shape index (κ3) is 6.06. The molecule has 30 heavy (non-hydrogen) atoms. The average Bonchev–Trinajstić information content (AvgIpc) is 3.11. The minimum absolute atomic E-state index is 0.0882. The quantitative estimate of drug-likeness (QED) is 0.250. The van der Waals surface area contributed by atoms with Gasteiger partial charge < -0.3 is 9.26 Å². The summed E-state index contributed by atoms with van der Waals surface area (Å²) < 4.78 is 12.7. The van der Waals surface area contributed by atoms with E-state index in [2.05, 4.69) is 24.0 Å². The van der Waals surface area contributed by atoms with Gasteiger partial charge in [0.25, 0.3) is 5.56 Å². The summed E-state index contributed by atoms with van der Waals surface area (Å²) in [5, 5.41) is 5.72. The first-order chi connectivity index (χ1) is 14.3. The van der Waals surface area contributed by atoms with E-state index in [1.807, 2.05) is 13.8 Å². The lowest BCUT2D eigenvalue weighted by Crippen LogP contribution is -2.24. The molecule has 0 bridgehead atoms. The second-order valence-corrected chi connectivity index (χ2v) is 9.16. The topological polar surface area (TPSA) is 83.0 Å². The Morgan fingerprint density at radius 2 is 2.03 bits per heavy atom. The molecule has 162 valence electrons. The van der Waals surface area contributed by atoms with Gasteiger partial charge in [0.1, 0.15) is 0 Å². The number of hydrogen-bond donors (Lipinski definition) is 0. The molecule has 0 saturated carbocycles. The van der Waals surface area contributed by atoms with Crippen LogP contribution in [0.2, 0.25) is 5.02 Å². The maximum atomic E-state index is 13.1. The summed E-state index contributed by atoms with van der Waals surface area (Å²) in [5.41, 5.74) is 0.491. The summed E-state index contributed by atoms with van der Waals surface area (Å²) >= 11 is 7.51. The molecule has 9 heteroatoms. The number of ether oxygens (including phenoxy) is 1. The first kappa shape index (κ1) is 22.8. The lowest BCUT2D eigenvalue weighted by atomic mass is 10.1. The van der Waals surface area contributed by atoms with E-state index in [0.29, 0.717) is 64.0 Å². The molecule has 0 radical (unpaired) electrons. The number of rotatable bonds is 10. The van der Waals surface area contributed by atoms with Gasteiger partial charge in [-0.1, -0.05) is 42.4 Å². The highest BCUT2D eigenvalue weighted by Crippen LogP contribution is 2.23. The van der Waals surface area contributed by atoms with Gasteiger partial charge in [0, 0.05) is 24.6 Å². The summed E-state index contributed by atoms with van der Waals surface area (Å²) in [4.78, 5) is 22.2. The molecule has 0 amide bonds. The molecular weight excluding hydrogens is 424 g/mol. The molecule has 0 aliphatic carbocycles. The van der Waals surface area contributed by atoms with Crippen molar-refractivity contribution in [3.8, 4) is 0 Å². The lowest BCUT2D eigenvalue weighted by molar-refractivity contribution is 0.0743. The molecule has 0 N–H and O–H groups in total. The molecular formula is C21H27ClN4O3S. The molecule has 0 aliphatic rings. The van der Waals surface area contributed by atoms with Crippen molar-refractivity contribution in [2.75, 3.05) is 6.61 Å². The van der Waals surface area contributed by atoms with Gasteiger partial charge in [-0.2, -0.15) is 4.98 Å². The highest BCUT2D eigenvalue weighted by Gasteiger charge is 2.15. The van der Waals surface area contributed by atoms with Gasteiger partial charge in [0.15, 0.2) is 11.0 Å². The number of nitrogens with zero attached hydrogens (tertiary/aromatic N) is 4. The second-order valence-electron chi connectivity index (χ2n) is 7.78. The zero-order valence-corrected chi connectivity index (χ0v) is 19.3. The molecule has 0 unspecified atom stereocenters. The molecule has 1 aromatic carbocycles. The highest BCUT2D eigenvalue weighted by atomic mass is 35.5. The Morgan fingerprint density at radius 3 is 2.77 bits per heavy atom. The number of benzene rings is 1. The SMILES string of the molecule is CC(C)Cc1noc(CSc2nc3cc(Cl)ccc3c(=O)n2CCCOC(C)C)n1. The van der Waals surface area contributed by atoms with Crippen LogP contribution in [0.1, 0.15) is 45.8 Å². The molecule has 0 fully saturated rings. The Hall–Kier alpha value is -1.90. The van der Waals surface area contributed by atoms with Crippen molar-refractivity contribution in [2.24, 2.45) is 5.92 Å². The Labute approximate surface area is 185 Å². The van der Waals surface area contributed by atoms with Crippen LogP contribution in [0, 0.1) is 5.92 Å². The van der Waals surface area contributed by atoms with Crippen LogP contribution in [0.3, 0.4) is 0 Å². The predicted octanol–water partition coefficient (Wildman–Crippen LogP) is 4.74. The van der Waals surface area contributed by atoms with Gasteiger partial charge in [-0.15, -0.1) is 0 Å². The van der Waals surface area contributed by atoms with Crippen molar-refractivity contribution < 1.29 is 9.26 Å². The van der Waals surface area contributed by atoms with E-state index in [0.717, 1.165) is 6.42 Å². The van der Waals surface area contributed by atoms with Gasteiger partial charge in [0.05, 0.1) is 22.8 Å². The Morgan fingerprint density at radius 1 is 1.23 bits per heavy atom. The Balaban J connectivity index is 1.83. The molecule has 3 rings (SSSR count). The number of aromatic nitrogens is 4. The third-order valence-corrected chi connectivity index (χ3v) is 5.48. The van der Waals surface area contributed by atoms with Crippen LogP contribution in [0.5, 0.6) is 0 Å². The van der Waals surface area contributed by atoms with Gasteiger partial charge in [-0.25, -0.2) is 4.98 Å². The van der Waals surface area contributed by atoms with Crippen LogP contribution in [-0.4, -0.2) is 32.4 Å². The minimum atomic E-state index is -0.0882. The Bertz CT molecular complexity index is 1050. The standard InChI is InChI=1S/C21H27ClN4O3S/c1-13(2)10-18-24-19(29-25-18)12-30-21-23-17-11-15(22)6-7-16(17)20(27)26(21)8-5-9-28-14(3)4/h6-7,11,13-14H,5,8-10,12H2,1-4H3. The summed E-state index contributed by atoms with van der Waals surface area (Å²) in [6.07, 6.45) is 1.64. The van der Waals surface area contributed by atoms with Crippen molar-refractivity contribution in [1.29, 1.82) is 0 Å². The van der Waals surface area contributed by atoms with E-state index in [1.165, 1.54) is 11.8 Å². The summed E-state index contributed by atoms with van der Waals surface area (Å²) in [6, 6.07) is 5.14. The monoisotopic (exact) mass is 450 g/mol. The molecule has 2 aromatic heterocycles.